The molecule has 1 aromatic heterocycles. The summed E-state index contributed by atoms with van der Waals surface area (Å²) in [6.07, 6.45) is 0.193. The monoisotopic (exact) mass is 547 g/mol. The Bertz CT molecular complexity index is 1400. The van der Waals surface area contributed by atoms with Crippen LogP contribution in [-0.2, 0) is 22.3 Å². The van der Waals surface area contributed by atoms with Crippen molar-refractivity contribution in [2.75, 3.05) is 11.4 Å². The molecular weight excluding hydrogens is 527 g/mol. The zero-order chi connectivity index (χ0) is 28.0. The summed E-state index contributed by atoms with van der Waals surface area (Å²) in [5.74, 6) is -0.690. The molecule has 1 heterocycles. The van der Waals surface area contributed by atoms with Gasteiger partial charge in [0, 0.05) is 29.6 Å². The molecular formula is C26H21ClF3N3O5. The van der Waals surface area contributed by atoms with Crippen molar-refractivity contribution in [1.82, 2.24) is 10.3 Å². The number of hydrogen-bond donors (Lipinski definition) is 3. The summed E-state index contributed by atoms with van der Waals surface area (Å²) in [6, 6.07) is 10.2. The Morgan fingerprint density at radius 1 is 1.11 bits per heavy atom. The lowest BCUT2D eigenvalue weighted by Crippen LogP contribution is -2.41. The molecule has 0 bridgehead atoms. The zero-order valence-corrected chi connectivity index (χ0v) is 20.4. The molecule has 0 aliphatic heterocycles. The van der Waals surface area contributed by atoms with Gasteiger partial charge >= 0.3 is 18.1 Å². The summed E-state index contributed by atoms with van der Waals surface area (Å²) >= 11 is 6.10. The Balaban J connectivity index is 1.78. The van der Waals surface area contributed by atoms with Gasteiger partial charge in [-0.15, -0.1) is 6.42 Å². The van der Waals surface area contributed by atoms with E-state index in [1.54, 1.807) is 29.2 Å². The molecule has 0 fully saturated rings. The van der Waals surface area contributed by atoms with Gasteiger partial charge in [-0.05, 0) is 54.4 Å². The minimum absolute atomic E-state index is 0.0916. The van der Waals surface area contributed by atoms with Crippen molar-refractivity contribution in [3.8, 4) is 12.3 Å². The smallest absolute Gasteiger partial charge is 0.433 e. The van der Waals surface area contributed by atoms with Gasteiger partial charge in [-0.25, -0.2) is 9.78 Å². The van der Waals surface area contributed by atoms with E-state index in [1.165, 1.54) is 18.2 Å². The number of rotatable bonds is 10. The first-order chi connectivity index (χ1) is 17.9. The first-order valence-corrected chi connectivity index (χ1v) is 11.5. The molecule has 0 spiro atoms. The van der Waals surface area contributed by atoms with Gasteiger partial charge in [0.25, 0.3) is 5.91 Å². The fourth-order valence-corrected chi connectivity index (χ4v) is 3.89. The highest BCUT2D eigenvalue weighted by Crippen LogP contribution is 2.33. The lowest BCUT2D eigenvalue weighted by Gasteiger charge is -2.23. The number of carbonyl (C=O) groups is 3. The fourth-order valence-electron chi connectivity index (χ4n) is 3.63. The molecule has 0 unspecified atom stereocenters. The highest BCUT2D eigenvalue weighted by atomic mass is 35.5. The second-order valence-corrected chi connectivity index (χ2v) is 8.65. The Morgan fingerprint density at radius 3 is 2.37 bits per heavy atom. The van der Waals surface area contributed by atoms with Crippen molar-refractivity contribution in [3.63, 3.8) is 0 Å². The second-order valence-electron chi connectivity index (χ2n) is 8.24. The maximum Gasteiger partial charge on any atom is 0.433 e. The van der Waals surface area contributed by atoms with E-state index in [0.717, 1.165) is 6.07 Å². The lowest BCUT2D eigenvalue weighted by atomic mass is 10.1. The zero-order valence-electron chi connectivity index (χ0n) is 19.6. The van der Waals surface area contributed by atoms with Crippen molar-refractivity contribution in [2.45, 2.75) is 31.6 Å². The number of amides is 1. The molecule has 0 aliphatic carbocycles. The molecule has 2 aromatic carbocycles. The third-order valence-electron chi connectivity index (χ3n) is 5.51. The molecule has 1 atom stereocenters. The van der Waals surface area contributed by atoms with Crippen LogP contribution in [0.2, 0.25) is 5.02 Å². The number of carbonyl (C=O) groups excluding carboxylic acids is 1. The van der Waals surface area contributed by atoms with Crippen LogP contribution in [0.15, 0.2) is 48.5 Å². The number of aromatic nitrogens is 1. The third kappa shape index (κ3) is 7.14. The van der Waals surface area contributed by atoms with Crippen LogP contribution in [-0.4, -0.2) is 45.6 Å². The number of benzene rings is 2. The molecule has 8 nitrogen and oxygen atoms in total. The number of alkyl halides is 3. The molecule has 3 aromatic rings. The Hall–Kier alpha value is -4.30. The standard InChI is InChI=1S/C26H21ClF3N3O5/c1-2-11-33(14-15-3-8-20-18(12-15)19(27)13-22(31-20)26(28,29)30)17-6-4-16(5-7-17)24(36)32-21(25(37)38)9-10-23(34)35/h1,3-8,12-13,21H,9-11,14H2,(H,32,36)(H,34,35)(H,37,38)/t21-/m0/s1. The predicted molar refractivity (Wildman–Crippen MR) is 134 cm³/mol. The number of carboxylic acid groups (broad SMARTS) is 2. The molecule has 198 valence electrons. The van der Waals surface area contributed by atoms with Crippen LogP contribution >= 0.6 is 11.6 Å². The van der Waals surface area contributed by atoms with Crippen LogP contribution < -0.4 is 10.2 Å². The Morgan fingerprint density at radius 2 is 1.79 bits per heavy atom. The molecule has 12 heteroatoms. The van der Waals surface area contributed by atoms with Gasteiger partial charge in [-0.2, -0.15) is 13.2 Å². The summed E-state index contributed by atoms with van der Waals surface area (Å²) in [5, 5.41) is 20.6. The first-order valence-electron chi connectivity index (χ1n) is 11.1. The minimum Gasteiger partial charge on any atom is -0.481 e. The summed E-state index contributed by atoms with van der Waals surface area (Å²) in [6.45, 7) is 0.429. The highest BCUT2D eigenvalue weighted by Gasteiger charge is 2.33. The number of terminal acetylenes is 1. The third-order valence-corrected chi connectivity index (χ3v) is 5.83. The fraction of sp³-hybridized carbons (Fsp3) is 0.231. The van der Waals surface area contributed by atoms with Crippen LogP contribution in [0, 0.1) is 12.3 Å². The van der Waals surface area contributed by atoms with Crippen LogP contribution in [0.5, 0.6) is 0 Å². The largest absolute Gasteiger partial charge is 0.481 e. The van der Waals surface area contributed by atoms with Crippen LogP contribution in [0.1, 0.15) is 34.5 Å². The number of aliphatic carboxylic acids is 2. The first kappa shape index (κ1) is 28.3. The SMILES string of the molecule is C#CCN(Cc1ccc2nc(C(F)(F)F)cc(Cl)c2c1)c1ccc(C(=O)N[C@@H](CCC(=O)O)C(=O)O)cc1. The predicted octanol–water partition coefficient (Wildman–Crippen LogP) is 4.59. The number of pyridine rings is 1. The maximum atomic E-state index is 13.0. The Labute approximate surface area is 220 Å². The molecule has 1 amide bonds. The molecule has 0 saturated carbocycles. The number of carboxylic acids is 2. The minimum atomic E-state index is -4.63. The summed E-state index contributed by atoms with van der Waals surface area (Å²) in [5.41, 5.74) is 0.477. The average Bonchev–Trinajstić information content (AvgIpc) is 2.85. The van der Waals surface area contributed by atoms with Gasteiger partial charge in [0.2, 0.25) is 0 Å². The van der Waals surface area contributed by atoms with E-state index >= 15 is 0 Å². The van der Waals surface area contributed by atoms with Crippen LogP contribution in [0.4, 0.5) is 18.9 Å². The van der Waals surface area contributed by atoms with Crippen molar-refractivity contribution < 1.29 is 37.8 Å². The molecule has 0 aliphatic rings. The van der Waals surface area contributed by atoms with Crippen LogP contribution in [0.3, 0.4) is 0 Å². The summed E-state index contributed by atoms with van der Waals surface area (Å²) in [7, 11) is 0. The number of fused-ring (bicyclic) bond motifs is 1. The van der Waals surface area contributed by atoms with Crippen molar-refractivity contribution >= 4 is 46.0 Å². The van der Waals surface area contributed by atoms with Crippen molar-refractivity contribution in [3.05, 3.63) is 70.4 Å². The molecule has 0 saturated heterocycles. The summed E-state index contributed by atoms with van der Waals surface area (Å²) < 4.78 is 39.1. The van der Waals surface area contributed by atoms with Gasteiger partial charge in [0.15, 0.2) is 0 Å². The van der Waals surface area contributed by atoms with Crippen molar-refractivity contribution in [2.24, 2.45) is 0 Å². The van der Waals surface area contributed by atoms with Gasteiger partial charge in [-0.1, -0.05) is 23.6 Å². The number of anilines is 1. The Kier molecular flexibility index (Phi) is 8.80. The van der Waals surface area contributed by atoms with Gasteiger partial charge in [0.1, 0.15) is 11.7 Å². The number of nitrogens with one attached hydrogen (secondary N) is 1. The van der Waals surface area contributed by atoms with E-state index in [0.29, 0.717) is 16.6 Å². The van der Waals surface area contributed by atoms with E-state index in [-0.39, 0.29) is 35.6 Å². The number of halogens is 4. The van der Waals surface area contributed by atoms with E-state index in [4.69, 9.17) is 23.1 Å². The average molecular weight is 548 g/mol. The summed E-state index contributed by atoms with van der Waals surface area (Å²) in [4.78, 5) is 40.0. The van der Waals surface area contributed by atoms with Gasteiger partial charge < -0.3 is 20.4 Å². The van der Waals surface area contributed by atoms with Crippen molar-refractivity contribution in [1.29, 1.82) is 0 Å². The van der Waals surface area contributed by atoms with E-state index in [9.17, 15) is 32.7 Å². The van der Waals surface area contributed by atoms with E-state index in [1.807, 2.05) is 0 Å². The van der Waals surface area contributed by atoms with E-state index < -0.39 is 42.2 Å². The number of hydrogen-bond acceptors (Lipinski definition) is 5. The van der Waals surface area contributed by atoms with Crippen LogP contribution in [0.25, 0.3) is 10.9 Å². The normalized spacial score (nSPS) is 12.0. The van der Waals surface area contributed by atoms with Gasteiger partial charge in [-0.3, -0.25) is 9.59 Å². The molecule has 3 rings (SSSR count). The topological polar surface area (TPSA) is 120 Å². The highest BCUT2D eigenvalue weighted by molar-refractivity contribution is 6.35. The molecule has 0 radical (unpaired) electrons. The molecule has 3 N–H and O–H groups in total. The quantitative estimate of drug-likeness (QED) is 0.317. The molecule has 38 heavy (non-hydrogen) atoms. The second kappa shape index (κ2) is 11.8. The van der Waals surface area contributed by atoms with Gasteiger partial charge in [0.05, 0.1) is 17.1 Å². The lowest BCUT2D eigenvalue weighted by molar-refractivity contribution is -0.141. The number of nitrogens with zero attached hydrogens (tertiary/aromatic N) is 2. The van der Waals surface area contributed by atoms with E-state index in [2.05, 4.69) is 16.2 Å². The maximum absolute atomic E-state index is 13.0.